The van der Waals surface area contributed by atoms with Crippen LogP contribution in [-0.2, 0) is 17.9 Å². The van der Waals surface area contributed by atoms with E-state index >= 15 is 0 Å². The number of benzene rings is 1. The lowest BCUT2D eigenvalue weighted by Gasteiger charge is -2.05. The number of amides is 1. The summed E-state index contributed by atoms with van der Waals surface area (Å²) in [4.78, 5) is 12.1. The number of halogens is 2. The zero-order valence-electron chi connectivity index (χ0n) is 12.9. The highest BCUT2D eigenvalue weighted by Gasteiger charge is 2.10. The molecule has 0 saturated heterocycles. The highest BCUT2D eigenvalue weighted by molar-refractivity contribution is 6.31. The molecule has 2 aromatic heterocycles. The van der Waals surface area contributed by atoms with Gasteiger partial charge in [-0.15, -0.1) is 0 Å². The summed E-state index contributed by atoms with van der Waals surface area (Å²) in [5.74, 6) is -0.194. The van der Waals surface area contributed by atoms with E-state index in [4.69, 9.17) is 23.2 Å². The smallest absolute Gasteiger partial charge is 0.246 e. The second-order valence-electron chi connectivity index (χ2n) is 5.34. The third-order valence-electron chi connectivity index (χ3n) is 3.49. The topological polar surface area (TPSA) is 64.7 Å². The van der Waals surface area contributed by atoms with Crippen LogP contribution in [0.5, 0.6) is 0 Å². The molecule has 0 unspecified atom stereocenters. The molecular weight excluding hydrogens is 349 g/mol. The summed E-state index contributed by atoms with van der Waals surface area (Å²) in [5, 5.41) is 12.3. The number of aromatic nitrogens is 4. The SMILES string of the molecule is Cc1c(Cl)cnn1CC(=O)Nc1cnn(Cc2cccc(Cl)c2)c1. The second kappa shape index (κ2) is 7.07. The Balaban J connectivity index is 1.61. The van der Waals surface area contributed by atoms with Crippen molar-refractivity contribution in [3.05, 3.63) is 64.2 Å². The molecule has 0 saturated carbocycles. The molecule has 0 aliphatic heterocycles. The predicted molar refractivity (Wildman–Crippen MR) is 93.4 cm³/mol. The lowest BCUT2D eigenvalue weighted by atomic mass is 10.2. The Morgan fingerprint density at radius 1 is 1.25 bits per heavy atom. The van der Waals surface area contributed by atoms with Gasteiger partial charge in [0.25, 0.3) is 0 Å². The molecule has 24 heavy (non-hydrogen) atoms. The van der Waals surface area contributed by atoms with E-state index in [-0.39, 0.29) is 12.5 Å². The van der Waals surface area contributed by atoms with Gasteiger partial charge in [0.1, 0.15) is 6.54 Å². The number of carbonyl (C=O) groups excluding carboxylic acids is 1. The van der Waals surface area contributed by atoms with Gasteiger partial charge in [0.2, 0.25) is 5.91 Å². The Bertz CT molecular complexity index is 871. The first kappa shape index (κ1) is 16.5. The van der Waals surface area contributed by atoms with Crippen LogP contribution in [0.2, 0.25) is 10.0 Å². The van der Waals surface area contributed by atoms with E-state index in [1.54, 1.807) is 21.8 Å². The highest BCUT2D eigenvalue weighted by atomic mass is 35.5. The summed E-state index contributed by atoms with van der Waals surface area (Å²) in [6.45, 7) is 2.48. The van der Waals surface area contributed by atoms with Crippen molar-refractivity contribution in [2.75, 3.05) is 5.32 Å². The summed E-state index contributed by atoms with van der Waals surface area (Å²) in [6.07, 6.45) is 4.89. The molecule has 0 bridgehead atoms. The summed E-state index contributed by atoms with van der Waals surface area (Å²) >= 11 is 11.9. The number of rotatable bonds is 5. The van der Waals surface area contributed by atoms with E-state index in [1.807, 2.05) is 31.2 Å². The van der Waals surface area contributed by atoms with E-state index in [0.29, 0.717) is 22.3 Å². The Kier molecular flexibility index (Phi) is 4.87. The molecule has 3 aromatic rings. The van der Waals surface area contributed by atoms with Crippen LogP contribution in [0.25, 0.3) is 0 Å². The van der Waals surface area contributed by atoms with Crippen LogP contribution in [0.1, 0.15) is 11.3 Å². The quantitative estimate of drug-likeness (QED) is 0.755. The van der Waals surface area contributed by atoms with Crippen molar-refractivity contribution in [3.63, 3.8) is 0 Å². The monoisotopic (exact) mass is 363 g/mol. The van der Waals surface area contributed by atoms with Crippen LogP contribution in [-0.4, -0.2) is 25.5 Å². The maximum Gasteiger partial charge on any atom is 0.246 e. The van der Waals surface area contributed by atoms with Crippen molar-refractivity contribution >= 4 is 34.8 Å². The first-order chi connectivity index (χ1) is 11.5. The molecule has 2 heterocycles. The lowest BCUT2D eigenvalue weighted by Crippen LogP contribution is -2.20. The average Bonchev–Trinajstić information content (AvgIpc) is 3.09. The van der Waals surface area contributed by atoms with Gasteiger partial charge in [0.15, 0.2) is 0 Å². The maximum absolute atomic E-state index is 12.1. The zero-order chi connectivity index (χ0) is 17.1. The number of hydrogen-bond acceptors (Lipinski definition) is 3. The standard InChI is InChI=1S/C16H15Cl2N5O/c1-11-15(18)7-20-23(11)10-16(24)21-14-6-19-22(9-14)8-12-3-2-4-13(17)5-12/h2-7,9H,8,10H2,1H3,(H,21,24). The molecule has 0 spiro atoms. The fourth-order valence-electron chi connectivity index (χ4n) is 2.26. The molecule has 8 heteroatoms. The summed E-state index contributed by atoms with van der Waals surface area (Å²) < 4.78 is 3.28. The molecule has 1 N–H and O–H groups in total. The predicted octanol–water partition coefficient (Wildman–Crippen LogP) is 3.38. The maximum atomic E-state index is 12.1. The number of carbonyl (C=O) groups is 1. The van der Waals surface area contributed by atoms with Gasteiger partial charge in [-0.05, 0) is 24.6 Å². The third-order valence-corrected chi connectivity index (χ3v) is 4.09. The normalized spacial score (nSPS) is 10.8. The summed E-state index contributed by atoms with van der Waals surface area (Å²) in [6, 6.07) is 7.56. The van der Waals surface area contributed by atoms with E-state index in [9.17, 15) is 4.79 Å². The first-order valence-corrected chi connectivity index (χ1v) is 8.01. The third kappa shape index (κ3) is 3.96. The molecule has 0 fully saturated rings. The van der Waals surface area contributed by atoms with Gasteiger partial charge in [-0.3, -0.25) is 14.2 Å². The van der Waals surface area contributed by atoms with E-state index < -0.39 is 0 Å². The summed E-state index contributed by atoms with van der Waals surface area (Å²) in [5.41, 5.74) is 2.41. The second-order valence-corrected chi connectivity index (χ2v) is 6.18. The Hall–Kier alpha value is -2.31. The minimum Gasteiger partial charge on any atom is -0.322 e. The van der Waals surface area contributed by atoms with Crippen molar-refractivity contribution in [2.24, 2.45) is 0 Å². The average molecular weight is 364 g/mol. The fourth-order valence-corrected chi connectivity index (χ4v) is 2.61. The molecule has 6 nitrogen and oxygen atoms in total. The van der Waals surface area contributed by atoms with Crippen molar-refractivity contribution in [1.29, 1.82) is 0 Å². The molecule has 1 amide bonds. The largest absolute Gasteiger partial charge is 0.322 e. The van der Waals surface area contributed by atoms with Crippen LogP contribution in [0.15, 0.2) is 42.9 Å². The van der Waals surface area contributed by atoms with Crippen LogP contribution in [0.4, 0.5) is 5.69 Å². The van der Waals surface area contributed by atoms with Crippen LogP contribution in [0, 0.1) is 6.92 Å². The van der Waals surface area contributed by atoms with Crippen molar-refractivity contribution < 1.29 is 4.79 Å². The lowest BCUT2D eigenvalue weighted by molar-refractivity contribution is -0.116. The number of hydrogen-bond donors (Lipinski definition) is 1. The Morgan fingerprint density at radius 3 is 2.79 bits per heavy atom. The number of nitrogens with zero attached hydrogens (tertiary/aromatic N) is 4. The molecule has 0 aliphatic rings. The Morgan fingerprint density at radius 2 is 2.08 bits per heavy atom. The fraction of sp³-hybridized carbons (Fsp3) is 0.188. The molecule has 1 aromatic carbocycles. The first-order valence-electron chi connectivity index (χ1n) is 7.26. The minimum atomic E-state index is -0.194. The van der Waals surface area contributed by atoms with Gasteiger partial charge in [-0.1, -0.05) is 35.3 Å². The van der Waals surface area contributed by atoms with Crippen LogP contribution < -0.4 is 5.32 Å². The van der Waals surface area contributed by atoms with Gasteiger partial charge in [0, 0.05) is 11.2 Å². The van der Waals surface area contributed by atoms with E-state index in [1.165, 1.54) is 6.20 Å². The zero-order valence-corrected chi connectivity index (χ0v) is 14.4. The van der Waals surface area contributed by atoms with Gasteiger partial charge >= 0.3 is 0 Å². The van der Waals surface area contributed by atoms with Crippen LogP contribution >= 0.6 is 23.2 Å². The summed E-state index contributed by atoms with van der Waals surface area (Å²) in [7, 11) is 0. The molecule has 3 rings (SSSR count). The van der Waals surface area contributed by atoms with Gasteiger partial charge in [-0.2, -0.15) is 10.2 Å². The van der Waals surface area contributed by atoms with Gasteiger partial charge < -0.3 is 5.32 Å². The Labute approximate surface area is 149 Å². The molecular formula is C16H15Cl2N5O. The van der Waals surface area contributed by atoms with Gasteiger partial charge in [0.05, 0.1) is 35.3 Å². The molecule has 124 valence electrons. The van der Waals surface area contributed by atoms with Crippen molar-refractivity contribution in [2.45, 2.75) is 20.0 Å². The molecule has 0 radical (unpaired) electrons. The van der Waals surface area contributed by atoms with Gasteiger partial charge in [-0.25, -0.2) is 0 Å². The van der Waals surface area contributed by atoms with E-state index in [0.717, 1.165) is 11.3 Å². The van der Waals surface area contributed by atoms with Crippen molar-refractivity contribution in [1.82, 2.24) is 19.6 Å². The van der Waals surface area contributed by atoms with E-state index in [2.05, 4.69) is 15.5 Å². The van der Waals surface area contributed by atoms with Crippen molar-refractivity contribution in [3.8, 4) is 0 Å². The highest BCUT2D eigenvalue weighted by Crippen LogP contribution is 2.14. The molecule has 0 aliphatic carbocycles. The van der Waals surface area contributed by atoms with Crippen LogP contribution in [0.3, 0.4) is 0 Å². The molecule has 0 atom stereocenters. The minimum absolute atomic E-state index is 0.0953. The number of anilines is 1. The number of nitrogens with one attached hydrogen (secondary N) is 1.